The molecule has 2 rings (SSSR count). The minimum Gasteiger partial charge on any atom is -0.479 e. The number of carboxylic acid groups (broad SMARTS) is 1. The number of furan rings is 1. The van der Waals surface area contributed by atoms with Crippen molar-refractivity contribution in [3.05, 3.63) is 40.2 Å². The number of rotatable bonds is 5. The molecular weight excluding hydrogens is 294 g/mol. The summed E-state index contributed by atoms with van der Waals surface area (Å²) in [6, 6.07) is 2.46. The zero-order chi connectivity index (χ0) is 15.5. The summed E-state index contributed by atoms with van der Waals surface area (Å²) in [6.07, 6.45) is 1.36. The molecule has 2 aromatic heterocycles. The molecule has 0 fully saturated rings. The number of hydrogen-bond acceptors (Lipinski definition) is 5. The van der Waals surface area contributed by atoms with Gasteiger partial charge in [-0.05, 0) is 26.0 Å². The van der Waals surface area contributed by atoms with Gasteiger partial charge in [0.1, 0.15) is 10.8 Å². The van der Waals surface area contributed by atoms with Crippen LogP contribution in [0.5, 0.6) is 0 Å². The molecule has 2 aromatic rings. The Balaban J connectivity index is 2.01. The Morgan fingerprint density at radius 2 is 2.29 bits per heavy atom. The van der Waals surface area contributed by atoms with Gasteiger partial charge < -0.3 is 20.2 Å². The maximum atomic E-state index is 11.9. The van der Waals surface area contributed by atoms with Crippen LogP contribution < -0.4 is 10.6 Å². The Bertz CT molecular complexity index is 638. The van der Waals surface area contributed by atoms with Crippen molar-refractivity contribution in [1.29, 1.82) is 0 Å². The molecule has 0 aliphatic carbocycles. The first-order valence-electron chi connectivity index (χ1n) is 6.16. The summed E-state index contributed by atoms with van der Waals surface area (Å²) in [5, 5.41) is 16.9. The van der Waals surface area contributed by atoms with Crippen LogP contribution >= 0.6 is 11.3 Å². The van der Waals surface area contributed by atoms with Crippen molar-refractivity contribution in [2.75, 3.05) is 0 Å². The Morgan fingerprint density at radius 3 is 2.81 bits per heavy atom. The molecular formula is C13H15N3O4S. The van der Waals surface area contributed by atoms with Gasteiger partial charge in [0.2, 0.25) is 0 Å². The van der Waals surface area contributed by atoms with E-state index in [1.807, 2.05) is 12.3 Å². The smallest absolute Gasteiger partial charge is 0.337 e. The zero-order valence-electron chi connectivity index (χ0n) is 11.5. The average molecular weight is 309 g/mol. The summed E-state index contributed by atoms with van der Waals surface area (Å²) in [7, 11) is 0. The minimum absolute atomic E-state index is 0.148. The van der Waals surface area contributed by atoms with Crippen LogP contribution in [-0.2, 0) is 16.9 Å². The third-order valence-electron chi connectivity index (χ3n) is 2.87. The maximum absolute atomic E-state index is 11.9. The van der Waals surface area contributed by atoms with E-state index in [4.69, 9.17) is 4.42 Å². The number of urea groups is 1. The second-order valence-electron chi connectivity index (χ2n) is 4.60. The molecule has 0 aliphatic heterocycles. The van der Waals surface area contributed by atoms with E-state index in [0.717, 1.165) is 10.7 Å². The molecule has 0 bridgehead atoms. The number of carboxylic acids is 1. The quantitative estimate of drug-likeness (QED) is 0.781. The zero-order valence-corrected chi connectivity index (χ0v) is 12.4. The molecule has 1 unspecified atom stereocenters. The lowest BCUT2D eigenvalue weighted by Gasteiger charge is -2.23. The molecule has 112 valence electrons. The van der Waals surface area contributed by atoms with Crippen molar-refractivity contribution in [2.24, 2.45) is 0 Å². The van der Waals surface area contributed by atoms with Crippen LogP contribution in [-0.4, -0.2) is 22.1 Å². The molecule has 21 heavy (non-hydrogen) atoms. The van der Waals surface area contributed by atoms with Crippen molar-refractivity contribution in [3.63, 3.8) is 0 Å². The number of aromatic nitrogens is 1. The van der Waals surface area contributed by atoms with Crippen molar-refractivity contribution in [3.8, 4) is 0 Å². The summed E-state index contributed by atoms with van der Waals surface area (Å²) < 4.78 is 5.09. The molecule has 0 aliphatic rings. The van der Waals surface area contributed by atoms with E-state index in [2.05, 4.69) is 15.6 Å². The van der Waals surface area contributed by atoms with E-state index in [0.29, 0.717) is 0 Å². The van der Waals surface area contributed by atoms with Crippen molar-refractivity contribution >= 4 is 23.3 Å². The highest BCUT2D eigenvalue weighted by molar-refractivity contribution is 7.09. The van der Waals surface area contributed by atoms with Gasteiger partial charge in [-0.1, -0.05) is 0 Å². The van der Waals surface area contributed by atoms with E-state index < -0.39 is 17.5 Å². The second-order valence-corrected chi connectivity index (χ2v) is 5.54. The highest BCUT2D eigenvalue weighted by Crippen LogP contribution is 2.21. The van der Waals surface area contributed by atoms with Crippen LogP contribution in [0.15, 0.2) is 28.2 Å². The molecule has 0 spiro atoms. The highest BCUT2D eigenvalue weighted by atomic mass is 32.1. The van der Waals surface area contributed by atoms with Crippen LogP contribution in [0.4, 0.5) is 4.79 Å². The number of nitrogens with one attached hydrogen (secondary N) is 2. The fourth-order valence-corrected chi connectivity index (χ4v) is 2.41. The molecule has 2 heterocycles. The fraction of sp³-hybridized carbons (Fsp3) is 0.308. The SMILES string of the molecule is Cc1csc(CNC(=O)NC(C)(C(=O)O)c2ccco2)n1. The lowest BCUT2D eigenvalue weighted by atomic mass is 9.99. The monoisotopic (exact) mass is 309 g/mol. The lowest BCUT2D eigenvalue weighted by molar-refractivity contribution is -0.144. The fourth-order valence-electron chi connectivity index (χ4n) is 1.69. The predicted molar refractivity (Wildman–Crippen MR) is 75.9 cm³/mol. The van der Waals surface area contributed by atoms with Crippen LogP contribution in [0.3, 0.4) is 0 Å². The summed E-state index contributed by atoms with van der Waals surface area (Å²) >= 11 is 1.43. The molecule has 0 saturated carbocycles. The molecule has 0 aromatic carbocycles. The number of carbonyl (C=O) groups excluding carboxylic acids is 1. The standard InChI is InChI=1S/C13H15N3O4S/c1-8-7-21-10(15-8)6-14-12(19)16-13(2,11(17)18)9-4-3-5-20-9/h3-5,7H,6H2,1-2H3,(H,17,18)(H2,14,16,19). The minimum atomic E-state index is -1.63. The number of hydrogen-bond donors (Lipinski definition) is 3. The van der Waals surface area contributed by atoms with E-state index >= 15 is 0 Å². The van der Waals surface area contributed by atoms with Gasteiger partial charge in [0.15, 0.2) is 5.54 Å². The Kier molecular flexibility index (Phi) is 4.27. The number of thiazole rings is 1. The van der Waals surface area contributed by atoms with E-state index in [9.17, 15) is 14.7 Å². The molecule has 0 saturated heterocycles. The summed E-state index contributed by atoms with van der Waals surface area (Å²) in [5.41, 5.74) is -0.755. The first-order chi connectivity index (χ1) is 9.91. The van der Waals surface area contributed by atoms with Crippen LogP contribution in [0, 0.1) is 6.92 Å². The second kappa shape index (κ2) is 5.96. The van der Waals surface area contributed by atoms with E-state index in [-0.39, 0.29) is 12.3 Å². The Morgan fingerprint density at radius 1 is 1.52 bits per heavy atom. The first-order valence-corrected chi connectivity index (χ1v) is 7.04. The van der Waals surface area contributed by atoms with E-state index in [1.165, 1.54) is 30.6 Å². The van der Waals surface area contributed by atoms with Crippen LogP contribution in [0.1, 0.15) is 23.4 Å². The number of aryl methyl sites for hydroxylation is 1. The molecule has 8 heteroatoms. The number of carbonyl (C=O) groups is 2. The average Bonchev–Trinajstić information content (AvgIpc) is 3.07. The van der Waals surface area contributed by atoms with Crippen molar-refractivity contribution < 1.29 is 19.1 Å². The molecule has 1 atom stereocenters. The third kappa shape index (κ3) is 3.40. The molecule has 2 amide bonds. The Labute approximate surface area is 125 Å². The van der Waals surface area contributed by atoms with Gasteiger partial charge in [-0.25, -0.2) is 14.6 Å². The summed E-state index contributed by atoms with van der Waals surface area (Å²) in [6.45, 7) is 3.46. The third-order valence-corrected chi connectivity index (χ3v) is 3.84. The van der Waals surface area contributed by atoms with Gasteiger partial charge in [0.25, 0.3) is 0 Å². The van der Waals surface area contributed by atoms with Crippen molar-refractivity contribution in [2.45, 2.75) is 25.9 Å². The largest absolute Gasteiger partial charge is 0.479 e. The van der Waals surface area contributed by atoms with E-state index in [1.54, 1.807) is 6.07 Å². The van der Waals surface area contributed by atoms with Gasteiger partial charge in [-0.15, -0.1) is 11.3 Å². The van der Waals surface area contributed by atoms with Gasteiger partial charge >= 0.3 is 12.0 Å². The number of aliphatic carboxylic acids is 1. The predicted octanol–water partition coefficient (Wildman–Crippen LogP) is 1.84. The number of amides is 2. The van der Waals surface area contributed by atoms with Gasteiger partial charge in [0, 0.05) is 11.1 Å². The first kappa shape index (κ1) is 15.0. The summed E-state index contributed by atoms with van der Waals surface area (Å²) in [4.78, 5) is 27.5. The molecule has 0 radical (unpaired) electrons. The molecule has 7 nitrogen and oxygen atoms in total. The van der Waals surface area contributed by atoms with Gasteiger partial charge in [-0.2, -0.15) is 0 Å². The number of nitrogens with zero attached hydrogens (tertiary/aromatic N) is 1. The Hall–Kier alpha value is -2.35. The normalized spacial score (nSPS) is 13.4. The van der Waals surface area contributed by atoms with Crippen LogP contribution in [0.25, 0.3) is 0 Å². The lowest BCUT2D eigenvalue weighted by Crippen LogP contribution is -2.52. The van der Waals surface area contributed by atoms with Gasteiger partial charge in [-0.3, -0.25) is 0 Å². The highest BCUT2D eigenvalue weighted by Gasteiger charge is 2.39. The summed E-state index contributed by atoms with van der Waals surface area (Å²) in [5.74, 6) is -1.06. The molecule has 3 N–H and O–H groups in total. The maximum Gasteiger partial charge on any atom is 0.337 e. The van der Waals surface area contributed by atoms with Crippen LogP contribution in [0.2, 0.25) is 0 Å². The topological polar surface area (TPSA) is 104 Å². The van der Waals surface area contributed by atoms with Gasteiger partial charge in [0.05, 0.1) is 12.8 Å². The van der Waals surface area contributed by atoms with Crippen molar-refractivity contribution in [1.82, 2.24) is 15.6 Å².